The van der Waals surface area contributed by atoms with Gasteiger partial charge in [-0.2, -0.15) is 0 Å². The molecule has 3 rings (SSSR count). The molecule has 1 aromatic carbocycles. The van der Waals surface area contributed by atoms with Crippen LogP contribution < -0.4 is 5.32 Å². The van der Waals surface area contributed by atoms with Crippen molar-refractivity contribution in [1.29, 1.82) is 0 Å². The Morgan fingerprint density at radius 2 is 2.29 bits per heavy atom. The predicted octanol–water partition coefficient (Wildman–Crippen LogP) is 2.82. The summed E-state index contributed by atoms with van der Waals surface area (Å²) in [5.41, 5.74) is 1.73. The van der Waals surface area contributed by atoms with E-state index in [0.29, 0.717) is 23.1 Å². The van der Waals surface area contributed by atoms with E-state index in [2.05, 4.69) is 12.2 Å². The van der Waals surface area contributed by atoms with Crippen molar-refractivity contribution in [2.24, 2.45) is 5.41 Å². The van der Waals surface area contributed by atoms with E-state index in [1.165, 1.54) is 19.3 Å². The normalized spacial score (nSPS) is 26.1. The molecule has 1 spiro atoms. The van der Waals surface area contributed by atoms with E-state index in [1.807, 2.05) is 12.1 Å². The van der Waals surface area contributed by atoms with Gasteiger partial charge in [0.2, 0.25) is 0 Å². The van der Waals surface area contributed by atoms with Gasteiger partial charge in [-0.05, 0) is 43.9 Å². The Hall–Kier alpha value is -1.39. The molecule has 2 unspecified atom stereocenters. The fourth-order valence-electron chi connectivity index (χ4n) is 3.78. The molecule has 0 aromatic heterocycles. The van der Waals surface area contributed by atoms with Gasteiger partial charge in [-0.1, -0.05) is 18.6 Å². The number of nitrogens with one attached hydrogen (secondary N) is 1. The molecular formula is C17H23NO3. The van der Waals surface area contributed by atoms with E-state index in [1.54, 1.807) is 12.1 Å². The van der Waals surface area contributed by atoms with Gasteiger partial charge >= 0.3 is 5.97 Å². The van der Waals surface area contributed by atoms with E-state index in [9.17, 15) is 4.79 Å². The van der Waals surface area contributed by atoms with Gasteiger partial charge in [-0.3, -0.25) is 0 Å². The highest BCUT2D eigenvalue weighted by Crippen LogP contribution is 2.57. The molecule has 21 heavy (non-hydrogen) atoms. The number of benzene rings is 1. The van der Waals surface area contributed by atoms with Crippen LogP contribution in [0.5, 0.6) is 0 Å². The number of rotatable bonds is 6. The maximum Gasteiger partial charge on any atom is 0.335 e. The lowest BCUT2D eigenvalue weighted by molar-refractivity contribution is -0.173. The second-order valence-corrected chi connectivity index (χ2v) is 6.21. The lowest BCUT2D eigenvalue weighted by atomic mass is 9.51. The van der Waals surface area contributed by atoms with Crippen LogP contribution in [0, 0.1) is 5.41 Å². The number of ether oxygens (including phenoxy) is 1. The first-order valence-corrected chi connectivity index (χ1v) is 7.83. The quantitative estimate of drug-likeness (QED) is 0.845. The summed E-state index contributed by atoms with van der Waals surface area (Å²) in [5, 5.41) is 12.6. The molecular weight excluding hydrogens is 266 g/mol. The van der Waals surface area contributed by atoms with Crippen LogP contribution >= 0.6 is 0 Å². The van der Waals surface area contributed by atoms with Gasteiger partial charge in [0, 0.05) is 24.6 Å². The fourth-order valence-corrected chi connectivity index (χ4v) is 3.78. The van der Waals surface area contributed by atoms with Crippen LogP contribution in [-0.4, -0.2) is 29.8 Å². The average Bonchev–Trinajstić information content (AvgIpc) is 2.40. The van der Waals surface area contributed by atoms with Crippen LogP contribution in [-0.2, 0) is 11.3 Å². The van der Waals surface area contributed by atoms with Crippen LogP contribution in [0.2, 0.25) is 0 Å². The van der Waals surface area contributed by atoms with Crippen LogP contribution in [0.1, 0.15) is 48.5 Å². The maximum atomic E-state index is 11.0. The first-order chi connectivity index (χ1) is 10.2. The SMILES string of the molecule is CCOC1CC(NCc2cccc(C(=O)O)c2)C12CCC2. The molecule has 0 aliphatic heterocycles. The van der Waals surface area contributed by atoms with Gasteiger partial charge in [-0.25, -0.2) is 4.79 Å². The largest absolute Gasteiger partial charge is 0.478 e. The molecule has 0 bridgehead atoms. The summed E-state index contributed by atoms with van der Waals surface area (Å²) in [4.78, 5) is 11.0. The molecule has 2 aliphatic carbocycles. The summed E-state index contributed by atoms with van der Waals surface area (Å²) in [6.07, 6.45) is 5.30. The van der Waals surface area contributed by atoms with Crippen molar-refractivity contribution in [3.8, 4) is 0 Å². The minimum atomic E-state index is -0.868. The van der Waals surface area contributed by atoms with Crippen molar-refractivity contribution in [3.63, 3.8) is 0 Å². The van der Waals surface area contributed by atoms with E-state index < -0.39 is 5.97 Å². The smallest absolute Gasteiger partial charge is 0.335 e. The van der Waals surface area contributed by atoms with Gasteiger partial charge in [0.05, 0.1) is 11.7 Å². The minimum absolute atomic E-state index is 0.348. The Labute approximate surface area is 125 Å². The minimum Gasteiger partial charge on any atom is -0.478 e. The fraction of sp³-hybridized carbons (Fsp3) is 0.588. The van der Waals surface area contributed by atoms with Crippen LogP contribution in [0.15, 0.2) is 24.3 Å². The third-order valence-corrected chi connectivity index (χ3v) is 5.16. The monoisotopic (exact) mass is 289 g/mol. The molecule has 2 N–H and O–H groups in total. The van der Waals surface area contributed by atoms with Crippen LogP contribution in [0.4, 0.5) is 0 Å². The third kappa shape index (κ3) is 2.58. The van der Waals surface area contributed by atoms with Crippen molar-refractivity contribution in [2.45, 2.75) is 51.3 Å². The van der Waals surface area contributed by atoms with E-state index >= 15 is 0 Å². The lowest BCUT2D eigenvalue weighted by Gasteiger charge is -2.61. The second-order valence-electron chi connectivity index (χ2n) is 6.21. The zero-order chi connectivity index (χ0) is 14.9. The van der Waals surface area contributed by atoms with Gasteiger partial charge in [-0.15, -0.1) is 0 Å². The van der Waals surface area contributed by atoms with Gasteiger partial charge in [0.1, 0.15) is 0 Å². The molecule has 114 valence electrons. The molecule has 2 saturated carbocycles. The van der Waals surface area contributed by atoms with Crippen LogP contribution in [0.3, 0.4) is 0 Å². The summed E-state index contributed by atoms with van der Waals surface area (Å²) >= 11 is 0. The molecule has 0 radical (unpaired) electrons. The first kappa shape index (κ1) is 14.5. The summed E-state index contributed by atoms with van der Waals surface area (Å²) in [5.74, 6) is -0.868. The van der Waals surface area contributed by atoms with Crippen molar-refractivity contribution >= 4 is 5.97 Å². The molecule has 2 aliphatic rings. The highest BCUT2D eigenvalue weighted by molar-refractivity contribution is 5.87. The first-order valence-electron chi connectivity index (χ1n) is 7.83. The number of carboxylic acid groups (broad SMARTS) is 1. The summed E-state index contributed by atoms with van der Waals surface area (Å²) < 4.78 is 5.85. The maximum absolute atomic E-state index is 11.0. The molecule has 4 nitrogen and oxygen atoms in total. The zero-order valence-electron chi connectivity index (χ0n) is 12.5. The topological polar surface area (TPSA) is 58.6 Å². The molecule has 0 saturated heterocycles. The number of carbonyl (C=O) groups is 1. The van der Waals surface area contributed by atoms with E-state index in [-0.39, 0.29) is 0 Å². The Kier molecular flexibility index (Phi) is 4.00. The van der Waals surface area contributed by atoms with Crippen molar-refractivity contribution in [1.82, 2.24) is 5.32 Å². The predicted molar refractivity (Wildman–Crippen MR) is 80.3 cm³/mol. The van der Waals surface area contributed by atoms with Crippen molar-refractivity contribution in [3.05, 3.63) is 35.4 Å². The summed E-state index contributed by atoms with van der Waals surface area (Å²) in [6, 6.07) is 7.68. The average molecular weight is 289 g/mol. The molecule has 1 aromatic rings. The second kappa shape index (κ2) is 5.78. The Morgan fingerprint density at radius 3 is 2.90 bits per heavy atom. The van der Waals surface area contributed by atoms with E-state index in [0.717, 1.165) is 25.1 Å². The van der Waals surface area contributed by atoms with Crippen molar-refractivity contribution < 1.29 is 14.6 Å². The van der Waals surface area contributed by atoms with Gasteiger partial charge in [0.15, 0.2) is 0 Å². The molecule has 0 heterocycles. The van der Waals surface area contributed by atoms with Crippen molar-refractivity contribution in [2.75, 3.05) is 6.61 Å². The summed E-state index contributed by atoms with van der Waals surface area (Å²) in [7, 11) is 0. The van der Waals surface area contributed by atoms with Gasteiger partial charge in [0.25, 0.3) is 0 Å². The number of carboxylic acids is 1. The zero-order valence-corrected chi connectivity index (χ0v) is 12.5. The molecule has 4 heteroatoms. The molecule has 2 fully saturated rings. The standard InChI is InChI=1S/C17H23NO3/c1-2-21-15-10-14(17(15)7-4-8-17)18-11-12-5-3-6-13(9-12)16(19)20/h3,5-6,9,14-15,18H,2,4,7-8,10-11H2,1H3,(H,19,20). The lowest BCUT2D eigenvalue weighted by Crippen LogP contribution is -2.66. The molecule has 0 amide bonds. The molecule has 2 atom stereocenters. The number of hydrogen-bond donors (Lipinski definition) is 2. The van der Waals surface area contributed by atoms with Crippen LogP contribution in [0.25, 0.3) is 0 Å². The Bertz CT molecular complexity index is 525. The highest BCUT2D eigenvalue weighted by Gasteiger charge is 2.58. The number of aromatic carboxylic acids is 1. The van der Waals surface area contributed by atoms with Gasteiger partial charge < -0.3 is 15.2 Å². The highest BCUT2D eigenvalue weighted by atomic mass is 16.5. The van der Waals surface area contributed by atoms with E-state index in [4.69, 9.17) is 9.84 Å². The third-order valence-electron chi connectivity index (χ3n) is 5.16. The summed E-state index contributed by atoms with van der Waals surface area (Å²) in [6.45, 7) is 3.58. The Morgan fingerprint density at radius 1 is 1.48 bits per heavy atom. The Balaban J connectivity index is 1.59. The number of hydrogen-bond acceptors (Lipinski definition) is 3.